The summed E-state index contributed by atoms with van der Waals surface area (Å²) < 4.78 is 0. The van der Waals surface area contributed by atoms with Crippen molar-refractivity contribution in [1.82, 2.24) is 15.5 Å². The number of hydrogen-bond acceptors (Lipinski definition) is 5. The normalized spacial score (nSPS) is 16.6. The van der Waals surface area contributed by atoms with E-state index in [0.29, 0.717) is 11.0 Å². The molecule has 1 aromatic heterocycles. The van der Waals surface area contributed by atoms with Gasteiger partial charge >= 0.3 is 0 Å². The number of aromatic nitrogens is 2. The first-order valence-corrected chi connectivity index (χ1v) is 7.54. The largest absolute Gasteiger partial charge is 0.344 e. The average molecular weight is 296 g/mol. The Hall–Kier alpha value is -1.50. The summed E-state index contributed by atoms with van der Waals surface area (Å²) in [6.07, 6.45) is 2.31. The van der Waals surface area contributed by atoms with Crippen LogP contribution in [0.4, 0.5) is 5.13 Å². The van der Waals surface area contributed by atoms with Gasteiger partial charge in [0, 0.05) is 11.3 Å². The molecule has 20 heavy (non-hydrogen) atoms. The van der Waals surface area contributed by atoms with Crippen molar-refractivity contribution in [2.24, 2.45) is 5.41 Å². The minimum absolute atomic E-state index is 0.156. The van der Waals surface area contributed by atoms with Crippen molar-refractivity contribution in [1.29, 1.82) is 0 Å². The van der Waals surface area contributed by atoms with Gasteiger partial charge in [-0.05, 0) is 19.8 Å². The molecule has 1 aliphatic carbocycles. The molecular formula is C13H20N4O2S. The Morgan fingerprint density at radius 3 is 2.50 bits per heavy atom. The summed E-state index contributed by atoms with van der Waals surface area (Å²) in [6, 6.07) is -0.602. The second-order valence-corrected chi connectivity index (χ2v) is 7.16. The van der Waals surface area contributed by atoms with E-state index in [1.54, 1.807) is 27.7 Å². The number of nitrogens with one attached hydrogen (secondary N) is 2. The van der Waals surface area contributed by atoms with Gasteiger partial charge < -0.3 is 5.32 Å². The van der Waals surface area contributed by atoms with Gasteiger partial charge in [0.25, 0.3) is 0 Å². The molecule has 1 fully saturated rings. The Morgan fingerprint density at radius 2 is 1.95 bits per heavy atom. The van der Waals surface area contributed by atoms with E-state index in [4.69, 9.17) is 0 Å². The van der Waals surface area contributed by atoms with Crippen molar-refractivity contribution in [2.75, 3.05) is 5.32 Å². The molecule has 110 valence electrons. The van der Waals surface area contributed by atoms with Crippen LogP contribution in [0, 0.1) is 5.41 Å². The van der Waals surface area contributed by atoms with E-state index in [9.17, 15) is 9.59 Å². The molecule has 1 aliphatic rings. The van der Waals surface area contributed by atoms with Gasteiger partial charge in [0.15, 0.2) is 0 Å². The van der Waals surface area contributed by atoms with E-state index < -0.39 is 11.5 Å². The molecule has 1 heterocycles. The molecule has 2 rings (SSSR count). The van der Waals surface area contributed by atoms with Gasteiger partial charge in [0.05, 0.1) is 0 Å². The quantitative estimate of drug-likeness (QED) is 0.889. The fraction of sp³-hybridized carbons (Fsp3) is 0.692. The highest BCUT2D eigenvalue weighted by Crippen LogP contribution is 2.42. The number of amides is 2. The number of anilines is 1. The van der Waals surface area contributed by atoms with Crippen LogP contribution in [0.15, 0.2) is 0 Å². The van der Waals surface area contributed by atoms with Gasteiger partial charge in [-0.15, -0.1) is 10.2 Å². The number of carbonyl (C=O) groups is 2. The molecule has 2 N–H and O–H groups in total. The lowest BCUT2D eigenvalue weighted by Gasteiger charge is -2.21. The standard InChI is InChI=1S/C13H20N4O2S/c1-7(14-11(19)13(2,3)4)9(18)15-12-17-16-10(20-12)8-5-6-8/h7-8H,5-6H2,1-4H3,(H,14,19)(H,15,17,18). The van der Waals surface area contributed by atoms with Crippen molar-refractivity contribution in [3.8, 4) is 0 Å². The summed E-state index contributed by atoms with van der Waals surface area (Å²) >= 11 is 1.41. The Kier molecular flexibility index (Phi) is 4.08. The Balaban J connectivity index is 1.88. The van der Waals surface area contributed by atoms with Gasteiger partial charge in [-0.1, -0.05) is 32.1 Å². The topological polar surface area (TPSA) is 84.0 Å². The van der Waals surface area contributed by atoms with Crippen molar-refractivity contribution in [3.05, 3.63) is 5.01 Å². The zero-order valence-electron chi connectivity index (χ0n) is 12.2. The SMILES string of the molecule is CC(NC(=O)C(C)(C)C)C(=O)Nc1nnc(C2CC2)s1. The Labute approximate surface area is 122 Å². The fourth-order valence-electron chi connectivity index (χ4n) is 1.47. The maximum Gasteiger partial charge on any atom is 0.248 e. The molecule has 1 unspecified atom stereocenters. The van der Waals surface area contributed by atoms with Gasteiger partial charge in [-0.3, -0.25) is 14.9 Å². The minimum atomic E-state index is -0.602. The van der Waals surface area contributed by atoms with Crippen LogP contribution in [0.2, 0.25) is 0 Å². The third-order valence-electron chi connectivity index (χ3n) is 3.02. The van der Waals surface area contributed by atoms with E-state index >= 15 is 0 Å². The van der Waals surface area contributed by atoms with Gasteiger partial charge in [-0.25, -0.2) is 0 Å². The highest BCUT2D eigenvalue weighted by Gasteiger charge is 2.28. The number of nitrogens with zero attached hydrogens (tertiary/aromatic N) is 2. The Morgan fingerprint density at radius 1 is 1.30 bits per heavy atom. The molecular weight excluding hydrogens is 276 g/mol. The number of carbonyl (C=O) groups excluding carboxylic acids is 2. The van der Waals surface area contributed by atoms with E-state index in [-0.39, 0.29) is 11.8 Å². The fourth-order valence-corrected chi connectivity index (χ4v) is 2.39. The highest BCUT2D eigenvalue weighted by molar-refractivity contribution is 7.15. The summed E-state index contributed by atoms with van der Waals surface area (Å²) in [6.45, 7) is 7.07. The maximum atomic E-state index is 12.0. The predicted molar refractivity (Wildman–Crippen MR) is 77.6 cm³/mol. The third kappa shape index (κ3) is 3.75. The second-order valence-electron chi connectivity index (χ2n) is 6.15. The first-order chi connectivity index (χ1) is 9.27. The van der Waals surface area contributed by atoms with Crippen LogP contribution in [0.3, 0.4) is 0 Å². The van der Waals surface area contributed by atoms with Crippen LogP contribution < -0.4 is 10.6 Å². The zero-order chi connectivity index (χ0) is 14.9. The lowest BCUT2D eigenvalue weighted by Crippen LogP contribution is -2.46. The smallest absolute Gasteiger partial charge is 0.248 e. The summed E-state index contributed by atoms with van der Waals surface area (Å²) in [5, 5.41) is 14.9. The van der Waals surface area contributed by atoms with Crippen LogP contribution in [0.25, 0.3) is 0 Å². The minimum Gasteiger partial charge on any atom is -0.344 e. The predicted octanol–water partition coefficient (Wildman–Crippen LogP) is 1.90. The summed E-state index contributed by atoms with van der Waals surface area (Å²) in [7, 11) is 0. The first-order valence-electron chi connectivity index (χ1n) is 6.72. The van der Waals surface area contributed by atoms with Gasteiger partial charge in [0.1, 0.15) is 11.0 Å². The molecule has 0 aromatic carbocycles. The van der Waals surface area contributed by atoms with Crippen molar-refractivity contribution < 1.29 is 9.59 Å². The third-order valence-corrected chi connectivity index (χ3v) is 4.02. The van der Waals surface area contributed by atoms with E-state index in [1.807, 2.05) is 0 Å². The summed E-state index contributed by atoms with van der Waals surface area (Å²) in [5.41, 5.74) is -0.517. The molecule has 1 atom stereocenters. The molecule has 0 bridgehead atoms. The average Bonchev–Trinajstić information content (AvgIpc) is 3.09. The molecule has 2 amide bonds. The number of hydrogen-bond donors (Lipinski definition) is 2. The van der Waals surface area contributed by atoms with Crippen LogP contribution in [0.5, 0.6) is 0 Å². The first kappa shape index (κ1) is 14.9. The van der Waals surface area contributed by atoms with Gasteiger partial charge in [-0.2, -0.15) is 0 Å². The monoisotopic (exact) mass is 296 g/mol. The Bertz CT molecular complexity index is 517. The lowest BCUT2D eigenvalue weighted by molar-refractivity contribution is -0.131. The molecule has 1 saturated carbocycles. The lowest BCUT2D eigenvalue weighted by atomic mass is 9.95. The van der Waals surface area contributed by atoms with Crippen LogP contribution in [0.1, 0.15) is 51.5 Å². The second kappa shape index (κ2) is 5.47. The van der Waals surface area contributed by atoms with Crippen LogP contribution >= 0.6 is 11.3 Å². The van der Waals surface area contributed by atoms with Crippen molar-refractivity contribution >= 4 is 28.3 Å². The molecule has 7 heteroatoms. The molecule has 0 radical (unpaired) electrons. The molecule has 0 saturated heterocycles. The molecule has 0 aliphatic heterocycles. The zero-order valence-corrected chi connectivity index (χ0v) is 13.0. The molecule has 6 nitrogen and oxygen atoms in total. The molecule has 0 spiro atoms. The van der Waals surface area contributed by atoms with Crippen LogP contribution in [-0.4, -0.2) is 28.1 Å². The maximum absolute atomic E-state index is 12.0. The molecule has 1 aromatic rings. The summed E-state index contributed by atoms with van der Waals surface area (Å²) in [5.74, 6) is 0.0911. The van der Waals surface area contributed by atoms with Crippen molar-refractivity contribution in [3.63, 3.8) is 0 Å². The van der Waals surface area contributed by atoms with Crippen molar-refractivity contribution in [2.45, 2.75) is 52.5 Å². The van der Waals surface area contributed by atoms with Crippen LogP contribution in [-0.2, 0) is 9.59 Å². The highest BCUT2D eigenvalue weighted by atomic mass is 32.1. The van der Waals surface area contributed by atoms with Gasteiger partial charge in [0.2, 0.25) is 16.9 Å². The summed E-state index contributed by atoms with van der Waals surface area (Å²) in [4.78, 5) is 23.8. The van der Waals surface area contributed by atoms with E-state index in [1.165, 1.54) is 11.3 Å². The number of rotatable bonds is 4. The van der Waals surface area contributed by atoms with E-state index in [2.05, 4.69) is 20.8 Å². The van der Waals surface area contributed by atoms with E-state index in [0.717, 1.165) is 17.8 Å².